The Morgan fingerprint density at radius 2 is 0.857 bits per heavy atom. The van der Waals surface area contributed by atoms with E-state index < -0.39 is 11.9 Å². The Morgan fingerprint density at radius 3 is 1.11 bits per heavy atom. The molecule has 0 N–H and O–H groups in total. The van der Waals surface area contributed by atoms with Crippen LogP contribution < -0.4 is 0 Å². The molecule has 2 fully saturated rings. The number of piperidine rings is 2. The van der Waals surface area contributed by atoms with Crippen LogP contribution >= 0.6 is 0 Å². The molecule has 160 valence electrons. The van der Waals surface area contributed by atoms with Crippen LogP contribution in [-0.4, -0.2) is 44.2 Å². The third-order valence-corrected chi connectivity index (χ3v) is 6.07. The maximum atomic E-state index is 12.4. The van der Waals surface area contributed by atoms with E-state index in [1.54, 1.807) is 10.1 Å². The fourth-order valence-corrected chi connectivity index (χ4v) is 4.82. The highest BCUT2D eigenvalue weighted by Gasteiger charge is 2.45. The van der Waals surface area contributed by atoms with Crippen molar-refractivity contribution in [2.24, 2.45) is 0 Å². The molecule has 6 nitrogen and oxygen atoms in total. The molecule has 0 unspecified atom stereocenters. The van der Waals surface area contributed by atoms with Gasteiger partial charge in [-0.05, 0) is 93.9 Å². The first-order valence-electron chi connectivity index (χ1n) is 10.4. The maximum absolute atomic E-state index is 12.4. The van der Waals surface area contributed by atoms with E-state index in [1.165, 1.54) is 0 Å². The summed E-state index contributed by atoms with van der Waals surface area (Å²) in [5.74, 6) is -1.12. The van der Waals surface area contributed by atoms with Gasteiger partial charge in [0.1, 0.15) is 0 Å². The van der Waals surface area contributed by atoms with Crippen molar-refractivity contribution in [3.8, 4) is 0 Å². The zero-order chi connectivity index (χ0) is 21.4. The summed E-state index contributed by atoms with van der Waals surface area (Å²) in [5.41, 5.74) is -0.970. The van der Waals surface area contributed by atoms with Gasteiger partial charge in [0.25, 0.3) is 0 Å². The lowest BCUT2D eigenvalue weighted by Crippen LogP contribution is -2.59. The highest BCUT2D eigenvalue weighted by molar-refractivity contribution is 5.91. The van der Waals surface area contributed by atoms with E-state index >= 15 is 0 Å². The van der Waals surface area contributed by atoms with Crippen LogP contribution in [0, 0.1) is 0 Å². The third kappa shape index (κ3) is 5.15. The second-order valence-corrected chi connectivity index (χ2v) is 10.7. The normalized spacial score (nSPS) is 26.7. The fraction of sp³-hybridized carbons (Fsp3) is 0.818. The zero-order valence-corrected chi connectivity index (χ0v) is 18.9. The molecule has 2 rings (SSSR count). The summed E-state index contributed by atoms with van der Waals surface area (Å²) in [6.45, 7) is 16.6. The molecule has 2 heterocycles. The van der Waals surface area contributed by atoms with Crippen molar-refractivity contribution in [2.45, 2.75) is 116 Å². The lowest BCUT2D eigenvalue weighted by atomic mass is 9.82. The largest absolute Gasteiger partial charge is 0.363 e. The van der Waals surface area contributed by atoms with Crippen LogP contribution in [0.2, 0.25) is 0 Å². The van der Waals surface area contributed by atoms with Gasteiger partial charge in [-0.1, -0.05) is 0 Å². The molecule has 6 heteroatoms. The van der Waals surface area contributed by atoms with E-state index in [0.29, 0.717) is 0 Å². The van der Waals surface area contributed by atoms with E-state index in [2.05, 4.69) is 55.4 Å². The van der Waals surface area contributed by atoms with Gasteiger partial charge < -0.3 is 9.68 Å². The average Bonchev–Trinajstić information content (AvgIpc) is 2.52. The Bertz CT molecular complexity index is 548. The van der Waals surface area contributed by atoms with Crippen molar-refractivity contribution in [3.05, 3.63) is 12.2 Å². The Kier molecular flexibility index (Phi) is 6.37. The SMILES string of the molecule is CC1(C)CCCC(C)(C)N1OC(=O)/C=C/C(=O)ON1C(C)(C)CCCC1(C)C. The molecule has 2 aliphatic rings. The quantitative estimate of drug-likeness (QED) is 0.652. The molecule has 0 saturated carbocycles. The molecule has 0 radical (unpaired) electrons. The van der Waals surface area contributed by atoms with Gasteiger partial charge in [-0.25, -0.2) is 9.59 Å². The number of rotatable bonds is 4. The highest BCUT2D eigenvalue weighted by Crippen LogP contribution is 2.39. The summed E-state index contributed by atoms with van der Waals surface area (Å²) >= 11 is 0. The Morgan fingerprint density at radius 1 is 0.607 bits per heavy atom. The van der Waals surface area contributed by atoms with E-state index in [0.717, 1.165) is 50.7 Å². The van der Waals surface area contributed by atoms with E-state index in [9.17, 15) is 9.59 Å². The highest BCUT2D eigenvalue weighted by atomic mass is 16.7. The number of nitrogens with zero attached hydrogens (tertiary/aromatic N) is 2. The topological polar surface area (TPSA) is 59.1 Å². The first-order chi connectivity index (χ1) is 12.7. The summed E-state index contributed by atoms with van der Waals surface area (Å²) < 4.78 is 0. The van der Waals surface area contributed by atoms with Crippen LogP contribution in [0.5, 0.6) is 0 Å². The predicted octanol–water partition coefficient (Wildman–Crippen LogP) is 4.55. The number of carbonyl (C=O) groups excluding carboxylic acids is 2. The van der Waals surface area contributed by atoms with Crippen LogP contribution in [-0.2, 0) is 19.3 Å². The van der Waals surface area contributed by atoms with Crippen LogP contribution in [0.4, 0.5) is 0 Å². The van der Waals surface area contributed by atoms with Crippen LogP contribution in [0.15, 0.2) is 12.2 Å². The summed E-state index contributed by atoms with van der Waals surface area (Å²) in [5, 5.41) is 3.55. The number of hydrogen-bond donors (Lipinski definition) is 0. The van der Waals surface area contributed by atoms with Crippen LogP contribution in [0.25, 0.3) is 0 Å². The molecule has 0 spiro atoms. The van der Waals surface area contributed by atoms with E-state index in [4.69, 9.17) is 9.68 Å². The maximum Gasteiger partial charge on any atom is 0.349 e. The summed E-state index contributed by atoms with van der Waals surface area (Å²) in [6.07, 6.45) is 8.32. The molecule has 2 saturated heterocycles. The minimum absolute atomic E-state index is 0.242. The monoisotopic (exact) mass is 394 g/mol. The fourth-order valence-electron chi connectivity index (χ4n) is 4.82. The summed E-state index contributed by atoms with van der Waals surface area (Å²) in [6, 6.07) is 0. The molecular weight excluding hydrogens is 356 g/mol. The van der Waals surface area contributed by atoms with Gasteiger partial charge in [0.2, 0.25) is 0 Å². The first-order valence-corrected chi connectivity index (χ1v) is 10.4. The number of hydrogen-bond acceptors (Lipinski definition) is 6. The molecule has 2 aliphatic heterocycles. The first kappa shape index (κ1) is 22.9. The minimum Gasteiger partial charge on any atom is -0.363 e. The van der Waals surface area contributed by atoms with E-state index in [-0.39, 0.29) is 22.2 Å². The van der Waals surface area contributed by atoms with Gasteiger partial charge in [0.15, 0.2) is 0 Å². The minimum atomic E-state index is -0.558. The molecule has 0 aromatic heterocycles. The van der Waals surface area contributed by atoms with Gasteiger partial charge in [-0.3, -0.25) is 0 Å². The van der Waals surface area contributed by atoms with Crippen molar-refractivity contribution in [1.82, 2.24) is 10.1 Å². The predicted molar refractivity (Wildman–Crippen MR) is 109 cm³/mol. The second-order valence-electron chi connectivity index (χ2n) is 10.7. The summed E-state index contributed by atoms with van der Waals surface area (Å²) in [4.78, 5) is 36.0. The van der Waals surface area contributed by atoms with Gasteiger partial charge in [-0.2, -0.15) is 0 Å². The van der Waals surface area contributed by atoms with Crippen LogP contribution in [0.3, 0.4) is 0 Å². The Hall–Kier alpha value is -1.40. The van der Waals surface area contributed by atoms with Crippen molar-refractivity contribution in [1.29, 1.82) is 0 Å². The molecular formula is C22H38N2O4. The van der Waals surface area contributed by atoms with Gasteiger partial charge >= 0.3 is 11.9 Å². The second kappa shape index (κ2) is 7.79. The lowest BCUT2D eigenvalue weighted by Gasteiger charge is -2.50. The molecule has 0 aromatic carbocycles. The third-order valence-electron chi connectivity index (χ3n) is 6.07. The van der Waals surface area contributed by atoms with Crippen molar-refractivity contribution >= 4 is 11.9 Å². The van der Waals surface area contributed by atoms with Crippen molar-refractivity contribution < 1.29 is 19.3 Å². The Balaban J connectivity index is 2.00. The standard InChI is InChI=1S/C22H38N2O4/c1-19(2)13-9-14-20(3,4)23(19)27-17(25)11-12-18(26)28-24-21(5,6)15-10-16-22(24,7)8/h11-12H,9-10,13-16H2,1-8H3/b12-11+. The molecule has 0 amide bonds. The number of carbonyl (C=O) groups is 2. The van der Waals surface area contributed by atoms with Crippen molar-refractivity contribution in [3.63, 3.8) is 0 Å². The van der Waals surface area contributed by atoms with Gasteiger partial charge in [0, 0.05) is 12.2 Å². The molecule has 0 atom stereocenters. The molecule has 28 heavy (non-hydrogen) atoms. The van der Waals surface area contributed by atoms with Gasteiger partial charge in [-0.15, -0.1) is 10.1 Å². The van der Waals surface area contributed by atoms with E-state index in [1.807, 2.05) is 0 Å². The summed E-state index contributed by atoms with van der Waals surface area (Å²) in [7, 11) is 0. The average molecular weight is 395 g/mol. The lowest BCUT2D eigenvalue weighted by molar-refractivity contribution is -0.263. The Labute approximate surface area is 170 Å². The number of hydroxylamine groups is 4. The van der Waals surface area contributed by atoms with Crippen LogP contribution in [0.1, 0.15) is 93.9 Å². The molecule has 0 bridgehead atoms. The molecule has 0 aliphatic carbocycles. The van der Waals surface area contributed by atoms with Gasteiger partial charge in [0.05, 0.1) is 22.2 Å². The van der Waals surface area contributed by atoms with Crippen molar-refractivity contribution in [2.75, 3.05) is 0 Å². The zero-order valence-electron chi connectivity index (χ0n) is 18.9. The smallest absolute Gasteiger partial charge is 0.349 e. The molecule has 0 aromatic rings.